The molecule has 4 aliphatic rings. The van der Waals surface area contributed by atoms with E-state index in [0.29, 0.717) is 71.5 Å². The SMILES string of the molecule is CC(=O)N1CCc2c(c(N3CCCc4cc(-c5cnn(C)c5)c(C(F)F)cc43)nn2C2CCN(CCOCc3ncc(C(=O)NC4C(C)(C)C(Oc5ccc(C#N)c(Cl)c5)C4(C)C)cn3)CC2)C1. The van der Waals surface area contributed by atoms with E-state index in [2.05, 4.69) is 68.6 Å². The number of aromatic nitrogens is 6. The van der Waals surface area contributed by atoms with Crippen LogP contribution in [0.3, 0.4) is 0 Å². The first kappa shape index (κ1) is 47.1. The number of nitrogens with zero attached hydrogens (tertiary/aromatic N) is 10. The zero-order valence-corrected chi connectivity index (χ0v) is 40.2. The number of likely N-dealkylation sites (tertiary alicyclic amines) is 1. The number of halogens is 3. The molecule has 2 fully saturated rings. The average Bonchev–Trinajstić information content (AvgIpc) is 3.94. The van der Waals surface area contributed by atoms with Gasteiger partial charge in [0.2, 0.25) is 5.91 Å². The molecule has 1 saturated heterocycles. The number of piperidine rings is 1. The van der Waals surface area contributed by atoms with Gasteiger partial charge in [-0.05, 0) is 61.1 Å². The van der Waals surface area contributed by atoms with Gasteiger partial charge in [0.1, 0.15) is 24.5 Å². The quantitative estimate of drug-likeness (QED) is 0.114. The molecule has 5 aromatic rings. The minimum atomic E-state index is -2.67. The van der Waals surface area contributed by atoms with Gasteiger partial charge >= 0.3 is 0 Å². The standard InChI is InChI=1S/C50H58ClF2N11O4/c1-30(65)62-17-13-41-39(28-62)45(63-14-7-8-31-20-37(34-26-57-60(6)27-34)38(44(52)53)22-42(31)63)59-64(41)35-11-15-61(16-12-35)18-19-67-29-43-55-24-33(25-56-43)46(66)58-47-49(2,3)48(50(47,4)5)68-36-10-9-32(23-54)40(51)21-36/h9-10,20-22,24-27,35,44,47-48H,7-8,11-19,28-29H2,1-6H3,(H,58,66). The van der Waals surface area contributed by atoms with Gasteiger partial charge in [0.05, 0.1) is 41.5 Å². The fraction of sp³-hybridized carbons (Fsp3) is 0.500. The number of ether oxygens (including phenoxy) is 2. The molecule has 358 valence electrons. The molecule has 0 unspecified atom stereocenters. The second-order valence-electron chi connectivity index (χ2n) is 19.7. The normalized spacial score (nSPS) is 20.1. The molecule has 15 nitrogen and oxygen atoms in total. The Morgan fingerprint density at radius 1 is 1.01 bits per heavy atom. The lowest BCUT2D eigenvalue weighted by atomic mass is 9.49. The minimum Gasteiger partial charge on any atom is -0.489 e. The fourth-order valence-corrected chi connectivity index (χ4v) is 11.4. The van der Waals surface area contributed by atoms with Crippen LogP contribution in [0.2, 0.25) is 5.02 Å². The highest BCUT2D eigenvalue weighted by atomic mass is 35.5. The number of amides is 2. The van der Waals surface area contributed by atoms with Crippen molar-refractivity contribution >= 4 is 34.9 Å². The predicted molar refractivity (Wildman–Crippen MR) is 252 cm³/mol. The molecule has 68 heavy (non-hydrogen) atoms. The Balaban J connectivity index is 0.791. The average molecular weight is 951 g/mol. The monoisotopic (exact) mass is 949 g/mol. The van der Waals surface area contributed by atoms with Gasteiger partial charge in [-0.25, -0.2) is 18.7 Å². The maximum absolute atomic E-state index is 14.7. The molecule has 0 atom stereocenters. The molecular formula is C50H58ClF2N11O4. The van der Waals surface area contributed by atoms with Gasteiger partial charge < -0.3 is 29.5 Å². The number of aryl methyl sites for hydroxylation is 2. The molecule has 0 radical (unpaired) electrons. The lowest BCUT2D eigenvalue weighted by Crippen LogP contribution is -2.74. The van der Waals surface area contributed by atoms with E-state index in [9.17, 15) is 23.6 Å². The molecule has 3 aliphatic heterocycles. The summed E-state index contributed by atoms with van der Waals surface area (Å²) in [7, 11) is 1.78. The van der Waals surface area contributed by atoms with Crippen molar-refractivity contribution in [3.63, 3.8) is 0 Å². The molecule has 0 spiro atoms. The Hall–Kier alpha value is -5.96. The Kier molecular flexibility index (Phi) is 13.1. The number of nitriles is 1. The number of carbonyl (C=O) groups is 2. The Morgan fingerprint density at radius 3 is 2.43 bits per heavy atom. The van der Waals surface area contributed by atoms with Crippen LogP contribution < -0.4 is 15.0 Å². The summed E-state index contributed by atoms with van der Waals surface area (Å²) in [6.07, 6.45) is 7.60. The summed E-state index contributed by atoms with van der Waals surface area (Å²) >= 11 is 6.25. The lowest BCUT2D eigenvalue weighted by molar-refractivity contribution is -0.164. The lowest BCUT2D eigenvalue weighted by Gasteiger charge is -2.63. The fourth-order valence-electron chi connectivity index (χ4n) is 11.2. The number of benzene rings is 2. The van der Waals surface area contributed by atoms with Crippen molar-refractivity contribution in [3.05, 3.63) is 99.5 Å². The Bertz CT molecular complexity index is 2730. The topological polar surface area (TPSA) is 160 Å². The van der Waals surface area contributed by atoms with E-state index in [1.165, 1.54) is 12.4 Å². The van der Waals surface area contributed by atoms with Crippen LogP contribution in [-0.4, -0.2) is 103 Å². The molecule has 2 amide bonds. The highest BCUT2D eigenvalue weighted by Gasteiger charge is 2.64. The highest BCUT2D eigenvalue weighted by molar-refractivity contribution is 6.31. The van der Waals surface area contributed by atoms with E-state index in [1.807, 2.05) is 11.0 Å². The number of carbonyl (C=O) groups excluding carboxylic acids is 2. The summed E-state index contributed by atoms with van der Waals surface area (Å²) in [4.78, 5) is 41.3. The van der Waals surface area contributed by atoms with Gasteiger partial charge in [-0.2, -0.15) is 15.5 Å². The van der Waals surface area contributed by atoms with Crippen LogP contribution in [0.25, 0.3) is 11.1 Å². The van der Waals surface area contributed by atoms with Crippen LogP contribution in [0, 0.1) is 22.2 Å². The van der Waals surface area contributed by atoms with Crippen molar-refractivity contribution in [2.75, 3.05) is 44.2 Å². The van der Waals surface area contributed by atoms with Gasteiger partial charge in [-0.15, -0.1) is 0 Å². The molecule has 1 aliphatic carbocycles. The molecule has 1 saturated carbocycles. The summed E-state index contributed by atoms with van der Waals surface area (Å²) in [5.41, 5.74) is 4.91. The molecular weight excluding hydrogens is 892 g/mol. The minimum absolute atomic E-state index is 0.00399. The van der Waals surface area contributed by atoms with Gasteiger partial charge in [0.15, 0.2) is 11.6 Å². The van der Waals surface area contributed by atoms with Crippen molar-refractivity contribution in [2.24, 2.45) is 17.9 Å². The predicted octanol–water partition coefficient (Wildman–Crippen LogP) is 7.99. The third-order valence-corrected chi connectivity index (χ3v) is 14.8. The van der Waals surface area contributed by atoms with Crippen LogP contribution >= 0.6 is 11.6 Å². The zero-order chi connectivity index (χ0) is 48.1. The summed E-state index contributed by atoms with van der Waals surface area (Å²) in [6.45, 7) is 14.6. The Morgan fingerprint density at radius 2 is 1.76 bits per heavy atom. The summed E-state index contributed by atoms with van der Waals surface area (Å²) < 4.78 is 45.6. The van der Waals surface area contributed by atoms with Crippen molar-refractivity contribution in [3.8, 4) is 22.9 Å². The number of rotatable bonds is 13. The van der Waals surface area contributed by atoms with Crippen LogP contribution in [0.5, 0.6) is 5.75 Å². The highest BCUT2D eigenvalue weighted by Crippen LogP contribution is 2.56. The van der Waals surface area contributed by atoms with Crippen LogP contribution in [0.1, 0.15) is 110 Å². The van der Waals surface area contributed by atoms with Crippen molar-refractivity contribution in [1.29, 1.82) is 5.26 Å². The molecule has 1 N–H and O–H groups in total. The van der Waals surface area contributed by atoms with Crippen molar-refractivity contribution in [1.82, 2.24) is 44.6 Å². The van der Waals surface area contributed by atoms with E-state index in [0.717, 1.165) is 73.6 Å². The molecule has 9 rings (SSSR count). The van der Waals surface area contributed by atoms with Gasteiger partial charge in [0.25, 0.3) is 12.3 Å². The van der Waals surface area contributed by atoms with E-state index < -0.39 is 17.3 Å². The second kappa shape index (κ2) is 18.9. The summed E-state index contributed by atoms with van der Waals surface area (Å²) in [6, 6.07) is 10.6. The third kappa shape index (κ3) is 9.05. The van der Waals surface area contributed by atoms with E-state index in [-0.39, 0.29) is 42.2 Å². The van der Waals surface area contributed by atoms with Gasteiger partial charge in [-0.3, -0.25) is 19.0 Å². The number of nitrogens with one attached hydrogen (secondary N) is 1. The second-order valence-corrected chi connectivity index (χ2v) is 20.1. The maximum Gasteiger partial charge on any atom is 0.264 e. The molecule has 6 heterocycles. The van der Waals surface area contributed by atoms with Crippen molar-refractivity contribution < 1.29 is 27.8 Å². The first-order valence-electron chi connectivity index (χ1n) is 23.4. The number of hydrogen-bond donors (Lipinski definition) is 1. The molecule has 3 aromatic heterocycles. The largest absolute Gasteiger partial charge is 0.489 e. The first-order valence-corrected chi connectivity index (χ1v) is 23.8. The van der Waals surface area contributed by atoms with Crippen LogP contribution in [-0.2, 0) is 42.6 Å². The number of fused-ring (bicyclic) bond motifs is 2. The van der Waals surface area contributed by atoms with E-state index in [1.54, 1.807) is 55.3 Å². The van der Waals surface area contributed by atoms with Crippen LogP contribution in [0.4, 0.5) is 20.3 Å². The van der Waals surface area contributed by atoms with Crippen molar-refractivity contribution in [2.45, 2.75) is 104 Å². The smallest absolute Gasteiger partial charge is 0.264 e. The van der Waals surface area contributed by atoms with E-state index >= 15 is 0 Å². The zero-order valence-electron chi connectivity index (χ0n) is 39.4. The van der Waals surface area contributed by atoms with E-state index in [4.69, 9.17) is 26.2 Å². The summed E-state index contributed by atoms with van der Waals surface area (Å²) in [5, 5.41) is 22.3. The molecule has 0 bridgehead atoms. The number of hydrogen-bond acceptors (Lipinski definition) is 11. The number of anilines is 2. The summed E-state index contributed by atoms with van der Waals surface area (Å²) in [5.74, 6) is 1.54. The Labute approximate surface area is 400 Å². The maximum atomic E-state index is 14.7. The van der Waals surface area contributed by atoms with Crippen LogP contribution in [0.15, 0.2) is 55.1 Å². The third-order valence-electron chi connectivity index (χ3n) is 14.5. The molecule has 2 aromatic carbocycles. The first-order chi connectivity index (χ1) is 32.5. The molecule has 18 heteroatoms. The number of alkyl halides is 2. The van der Waals surface area contributed by atoms with Gasteiger partial charge in [0, 0.05) is 123 Å². The van der Waals surface area contributed by atoms with Gasteiger partial charge in [-0.1, -0.05) is 39.3 Å².